The molecule has 1 aliphatic rings. The lowest BCUT2D eigenvalue weighted by Gasteiger charge is -2.32. The number of aromatic nitrogens is 4. The zero-order valence-electron chi connectivity index (χ0n) is 16.1. The van der Waals surface area contributed by atoms with E-state index in [4.69, 9.17) is 4.98 Å². The normalized spacial score (nSPS) is 17.7. The smallest absolute Gasteiger partial charge is 0.251 e. The summed E-state index contributed by atoms with van der Waals surface area (Å²) in [6, 6.07) is 5.62. The topological polar surface area (TPSA) is 74.8 Å². The van der Waals surface area contributed by atoms with Gasteiger partial charge in [-0.3, -0.25) is 9.69 Å². The second kappa shape index (κ2) is 8.75. The van der Waals surface area contributed by atoms with Crippen LogP contribution in [0.25, 0.3) is 10.7 Å². The van der Waals surface area contributed by atoms with Gasteiger partial charge in [0.25, 0.3) is 5.56 Å². The Bertz CT molecular complexity index is 952. The summed E-state index contributed by atoms with van der Waals surface area (Å²) in [5.74, 6) is 1.86. The minimum atomic E-state index is -0.0783. The van der Waals surface area contributed by atoms with Crippen molar-refractivity contribution in [1.82, 2.24) is 24.8 Å². The Kier molecular flexibility index (Phi) is 5.92. The van der Waals surface area contributed by atoms with Crippen molar-refractivity contribution >= 4 is 11.3 Å². The van der Waals surface area contributed by atoms with E-state index in [1.54, 1.807) is 17.4 Å². The molecule has 146 valence electrons. The Hall–Kier alpha value is -2.38. The van der Waals surface area contributed by atoms with Crippen molar-refractivity contribution in [3.8, 4) is 10.7 Å². The van der Waals surface area contributed by atoms with Crippen molar-refractivity contribution in [1.29, 1.82) is 0 Å². The molecule has 0 aromatic carbocycles. The minimum absolute atomic E-state index is 0.0783. The Morgan fingerprint density at radius 2 is 2.18 bits per heavy atom. The van der Waals surface area contributed by atoms with Crippen LogP contribution in [0.2, 0.25) is 0 Å². The van der Waals surface area contributed by atoms with E-state index in [9.17, 15) is 4.79 Å². The molecule has 28 heavy (non-hydrogen) atoms. The van der Waals surface area contributed by atoms with E-state index in [0.29, 0.717) is 5.82 Å². The first-order chi connectivity index (χ1) is 13.7. The second-order valence-electron chi connectivity index (χ2n) is 7.33. The van der Waals surface area contributed by atoms with Crippen molar-refractivity contribution in [2.45, 2.75) is 45.1 Å². The van der Waals surface area contributed by atoms with Crippen LogP contribution in [0.4, 0.5) is 0 Å². The number of nitrogens with one attached hydrogen (secondary N) is 1. The predicted molar refractivity (Wildman–Crippen MR) is 111 cm³/mol. The van der Waals surface area contributed by atoms with Gasteiger partial charge in [-0.2, -0.15) is 0 Å². The maximum atomic E-state index is 12.2. The van der Waals surface area contributed by atoms with Gasteiger partial charge in [0.1, 0.15) is 11.6 Å². The first kappa shape index (κ1) is 19.0. The fraction of sp³-hybridized carbons (Fsp3) is 0.429. The van der Waals surface area contributed by atoms with Gasteiger partial charge in [0, 0.05) is 49.5 Å². The molecule has 1 atom stereocenters. The summed E-state index contributed by atoms with van der Waals surface area (Å²) in [6.45, 7) is 4.92. The lowest BCUT2D eigenvalue weighted by atomic mass is 9.94. The molecule has 0 spiro atoms. The second-order valence-corrected chi connectivity index (χ2v) is 8.28. The number of rotatable bonds is 6. The average molecular weight is 396 g/mol. The first-order valence-electron chi connectivity index (χ1n) is 9.88. The van der Waals surface area contributed by atoms with Gasteiger partial charge in [0.05, 0.1) is 10.6 Å². The van der Waals surface area contributed by atoms with E-state index in [-0.39, 0.29) is 11.5 Å². The number of hydrogen-bond acceptors (Lipinski definition) is 6. The zero-order chi connectivity index (χ0) is 19.3. The molecule has 3 aromatic rings. The van der Waals surface area contributed by atoms with Crippen LogP contribution in [0.5, 0.6) is 0 Å². The Balaban J connectivity index is 1.47. The van der Waals surface area contributed by atoms with Crippen LogP contribution < -0.4 is 5.56 Å². The standard InChI is InChI=1S/C21H25N5OS/c1-2-5-19-22-11-15(12-23-19)13-26-8-3-6-16(14-26)17-10-20(27)25-21(24-17)18-7-4-9-28-18/h4,7,9-12,16H,2-3,5-6,8,13-14H2,1H3,(H,24,25,27). The summed E-state index contributed by atoms with van der Waals surface area (Å²) in [7, 11) is 0. The summed E-state index contributed by atoms with van der Waals surface area (Å²) in [4.78, 5) is 32.2. The molecular formula is C21H25N5OS. The molecule has 1 unspecified atom stereocenters. The van der Waals surface area contributed by atoms with Crippen LogP contribution in [0.3, 0.4) is 0 Å². The van der Waals surface area contributed by atoms with Crippen LogP contribution in [0, 0.1) is 0 Å². The summed E-state index contributed by atoms with van der Waals surface area (Å²) < 4.78 is 0. The van der Waals surface area contributed by atoms with Crippen molar-refractivity contribution < 1.29 is 0 Å². The number of H-pyrrole nitrogens is 1. The average Bonchev–Trinajstić information content (AvgIpc) is 3.24. The fourth-order valence-electron chi connectivity index (χ4n) is 3.73. The van der Waals surface area contributed by atoms with E-state index in [1.807, 2.05) is 29.9 Å². The molecule has 0 aliphatic carbocycles. The van der Waals surface area contributed by atoms with Crippen LogP contribution in [0.15, 0.2) is 40.8 Å². The zero-order valence-corrected chi connectivity index (χ0v) is 16.9. The molecular weight excluding hydrogens is 370 g/mol. The summed E-state index contributed by atoms with van der Waals surface area (Å²) in [5.41, 5.74) is 1.95. The Morgan fingerprint density at radius 3 is 2.93 bits per heavy atom. The number of nitrogens with zero attached hydrogens (tertiary/aromatic N) is 4. The molecule has 6 nitrogen and oxygen atoms in total. The highest BCUT2D eigenvalue weighted by Gasteiger charge is 2.23. The highest BCUT2D eigenvalue weighted by atomic mass is 32.1. The first-order valence-corrected chi connectivity index (χ1v) is 10.8. The number of likely N-dealkylation sites (tertiary alicyclic amines) is 1. The lowest BCUT2D eigenvalue weighted by molar-refractivity contribution is 0.198. The minimum Gasteiger partial charge on any atom is -0.306 e. The summed E-state index contributed by atoms with van der Waals surface area (Å²) in [5, 5.41) is 2.00. The maximum absolute atomic E-state index is 12.2. The fourth-order valence-corrected chi connectivity index (χ4v) is 4.40. The third-order valence-corrected chi connectivity index (χ3v) is 5.96. The van der Waals surface area contributed by atoms with Crippen molar-refractivity contribution in [3.63, 3.8) is 0 Å². The molecule has 1 fully saturated rings. The van der Waals surface area contributed by atoms with E-state index < -0.39 is 0 Å². The van der Waals surface area contributed by atoms with Crippen molar-refractivity contribution in [2.75, 3.05) is 13.1 Å². The van der Waals surface area contributed by atoms with Crippen molar-refractivity contribution in [3.05, 3.63) is 63.4 Å². The van der Waals surface area contributed by atoms with E-state index in [0.717, 1.165) is 67.3 Å². The van der Waals surface area contributed by atoms with Crippen LogP contribution in [0.1, 0.15) is 49.2 Å². The van der Waals surface area contributed by atoms with Gasteiger partial charge >= 0.3 is 0 Å². The summed E-state index contributed by atoms with van der Waals surface area (Å²) >= 11 is 1.59. The lowest BCUT2D eigenvalue weighted by Crippen LogP contribution is -2.34. The maximum Gasteiger partial charge on any atom is 0.251 e. The monoisotopic (exact) mass is 395 g/mol. The van der Waals surface area contributed by atoms with E-state index in [1.165, 1.54) is 0 Å². The number of aromatic amines is 1. The number of thiophene rings is 1. The molecule has 1 aliphatic heterocycles. The third kappa shape index (κ3) is 4.54. The molecule has 0 radical (unpaired) electrons. The predicted octanol–water partition coefficient (Wildman–Crippen LogP) is 3.62. The third-order valence-electron chi connectivity index (χ3n) is 5.08. The van der Waals surface area contributed by atoms with Crippen molar-refractivity contribution in [2.24, 2.45) is 0 Å². The van der Waals surface area contributed by atoms with Crippen LogP contribution in [-0.2, 0) is 13.0 Å². The highest BCUT2D eigenvalue weighted by molar-refractivity contribution is 7.13. The Labute approximate surface area is 168 Å². The molecule has 7 heteroatoms. The van der Waals surface area contributed by atoms with Gasteiger partial charge in [0.15, 0.2) is 0 Å². The number of piperidine rings is 1. The quantitative estimate of drug-likeness (QED) is 0.690. The van der Waals surface area contributed by atoms with Crippen LogP contribution in [-0.4, -0.2) is 37.9 Å². The largest absolute Gasteiger partial charge is 0.306 e. The van der Waals surface area contributed by atoms with E-state index >= 15 is 0 Å². The number of aryl methyl sites for hydroxylation is 1. The SMILES string of the molecule is CCCc1ncc(CN2CCCC(c3cc(=O)[nH]c(-c4cccs4)n3)C2)cn1. The molecule has 4 rings (SSSR count). The molecule has 4 heterocycles. The number of hydrogen-bond donors (Lipinski definition) is 1. The van der Waals surface area contributed by atoms with Crippen LogP contribution >= 0.6 is 11.3 Å². The van der Waals surface area contributed by atoms with Gasteiger partial charge in [0.2, 0.25) is 0 Å². The molecule has 0 amide bonds. The summed E-state index contributed by atoms with van der Waals surface area (Å²) in [6.07, 6.45) is 8.03. The molecule has 1 N–H and O–H groups in total. The van der Waals surface area contributed by atoms with Gasteiger partial charge in [-0.05, 0) is 37.3 Å². The van der Waals surface area contributed by atoms with E-state index in [2.05, 4.69) is 26.8 Å². The molecule has 3 aromatic heterocycles. The van der Waals surface area contributed by atoms with Gasteiger partial charge in [-0.15, -0.1) is 11.3 Å². The van der Waals surface area contributed by atoms with Gasteiger partial charge < -0.3 is 4.98 Å². The molecule has 0 bridgehead atoms. The Morgan fingerprint density at radius 1 is 1.32 bits per heavy atom. The van der Waals surface area contributed by atoms with Gasteiger partial charge in [-0.1, -0.05) is 13.0 Å². The highest BCUT2D eigenvalue weighted by Crippen LogP contribution is 2.28. The molecule has 0 saturated carbocycles. The van der Waals surface area contributed by atoms with Gasteiger partial charge in [-0.25, -0.2) is 15.0 Å². The molecule has 1 saturated heterocycles.